The van der Waals surface area contributed by atoms with Crippen LogP contribution in [0.3, 0.4) is 0 Å². The molecule has 0 radical (unpaired) electrons. The Bertz CT molecular complexity index is 2610. The second kappa shape index (κ2) is 23.5. The van der Waals surface area contributed by atoms with E-state index in [0.29, 0.717) is 27.2 Å². The van der Waals surface area contributed by atoms with Crippen LogP contribution in [0.2, 0.25) is 0 Å². The summed E-state index contributed by atoms with van der Waals surface area (Å²) in [6, 6.07) is 0.953. The fourth-order valence-electron chi connectivity index (χ4n) is 7.25. The maximum absolute atomic E-state index is 14.6. The zero-order chi connectivity index (χ0) is 50.6. The van der Waals surface area contributed by atoms with Crippen LogP contribution < -0.4 is 36.6 Å². The lowest BCUT2D eigenvalue weighted by molar-refractivity contribution is -0.147. The van der Waals surface area contributed by atoms with Gasteiger partial charge >= 0.3 is 12.1 Å². The summed E-state index contributed by atoms with van der Waals surface area (Å²) in [5.74, 6) is -4.67. The fourth-order valence-corrected chi connectivity index (χ4v) is 8.05. The molecule has 0 aliphatic heterocycles. The first kappa shape index (κ1) is 52.5. The second-order valence-corrected chi connectivity index (χ2v) is 18.1. The molecular formula is C47H60N10O11S. The maximum atomic E-state index is 14.6. The van der Waals surface area contributed by atoms with Crippen LogP contribution in [0, 0.1) is 0 Å². The van der Waals surface area contributed by atoms with Gasteiger partial charge in [0.25, 0.3) is 11.8 Å². The molecule has 5 rings (SSSR count). The van der Waals surface area contributed by atoms with Gasteiger partial charge in [0.2, 0.25) is 23.6 Å². The predicted molar refractivity (Wildman–Crippen MR) is 256 cm³/mol. The van der Waals surface area contributed by atoms with Crippen molar-refractivity contribution in [3.63, 3.8) is 0 Å². The molecule has 4 aromatic rings. The molecule has 0 bridgehead atoms. The van der Waals surface area contributed by atoms with Crippen molar-refractivity contribution in [1.29, 1.82) is 0 Å². The SMILES string of the molecule is C=C(NC(=O)[C@@H](C)NC(=O)CNC(=O)[C@H](Cc1c[nH]c2cccc(OC)c12)NC(=O)[C@H](Cc1c[nH]c2c1C=CCC2)NC(=O)c1csc([C@@H](C)NC(=O)OC(C)(C)C)n1)C(=O)N(C)CC(=O)OCC. The summed E-state index contributed by atoms with van der Waals surface area (Å²) < 4.78 is 15.8. The van der Waals surface area contributed by atoms with Crippen molar-refractivity contribution in [1.82, 2.24) is 51.8 Å². The van der Waals surface area contributed by atoms with Crippen LogP contribution in [0.1, 0.15) is 91.9 Å². The molecule has 22 heteroatoms. The third-order valence-electron chi connectivity index (χ3n) is 10.6. The Morgan fingerprint density at radius 3 is 2.35 bits per heavy atom. The number of thiazole rings is 1. The van der Waals surface area contributed by atoms with Gasteiger partial charge in [-0.3, -0.25) is 33.6 Å². The van der Waals surface area contributed by atoms with Crippen LogP contribution in [0.5, 0.6) is 5.75 Å². The summed E-state index contributed by atoms with van der Waals surface area (Å²) in [6.07, 6.45) is 8.26. The van der Waals surface area contributed by atoms with Crippen molar-refractivity contribution in [2.45, 2.75) is 97.0 Å². The third-order valence-corrected chi connectivity index (χ3v) is 11.6. The highest BCUT2D eigenvalue weighted by Crippen LogP contribution is 2.30. The molecule has 69 heavy (non-hydrogen) atoms. The number of fused-ring (bicyclic) bond motifs is 2. The first-order chi connectivity index (χ1) is 32.7. The normalized spacial score (nSPS) is 13.6. The maximum Gasteiger partial charge on any atom is 0.408 e. The molecule has 0 saturated heterocycles. The summed E-state index contributed by atoms with van der Waals surface area (Å²) >= 11 is 1.14. The molecule has 3 heterocycles. The number of aromatic amines is 2. The molecule has 8 N–H and O–H groups in total. The molecule has 21 nitrogen and oxygen atoms in total. The molecule has 0 spiro atoms. The van der Waals surface area contributed by atoms with E-state index in [4.69, 9.17) is 14.2 Å². The number of carbonyl (C=O) groups excluding carboxylic acids is 8. The average molecular weight is 973 g/mol. The largest absolute Gasteiger partial charge is 0.496 e. The summed E-state index contributed by atoms with van der Waals surface area (Å²) in [5, 5.41) is 18.2. The molecule has 1 aliphatic rings. The van der Waals surface area contributed by atoms with Crippen molar-refractivity contribution in [2.24, 2.45) is 0 Å². The van der Waals surface area contributed by atoms with Gasteiger partial charge in [-0.1, -0.05) is 24.8 Å². The van der Waals surface area contributed by atoms with Gasteiger partial charge in [-0.25, -0.2) is 9.78 Å². The van der Waals surface area contributed by atoms with Crippen LogP contribution in [0.25, 0.3) is 17.0 Å². The Hall–Kier alpha value is -7.49. The highest BCUT2D eigenvalue weighted by molar-refractivity contribution is 7.09. The summed E-state index contributed by atoms with van der Waals surface area (Å²) in [5.41, 5.74) is 2.80. The number of amides is 7. The summed E-state index contributed by atoms with van der Waals surface area (Å²) in [6.45, 7) is 12.5. The van der Waals surface area contributed by atoms with Crippen LogP contribution in [0.4, 0.5) is 4.79 Å². The van der Waals surface area contributed by atoms with Crippen molar-refractivity contribution in [3.8, 4) is 5.75 Å². The number of H-pyrrole nitrogens is 2. The van der Waals surface area contributed by atoms with E-state index in [-0.39, 0.29) is 37.4 Å². The molecule has 7 amide bonds. The highest BCUT2D eigenvalue weighted by Gasteiger charge is 2.32. The Kier molecular flexibility index (Phi) is 17.9. The van der Waals surface area contributed by atoms with Gasteiger partial charge in [0, 0.05) is 54.3 Å². The molecule has 4 atom stereocenters. The number of alkyl carbamates (subject to hydrolysis) is 1. The number of nitrogens with zero attached hydrogens (tertiary/aromatic N) is 2. The number of hydrogen-bond donors (Lipinski definition) is 8. The lowest BCUT2D eigenvalue weighted by Crippen LogP contribution is -2.56. The molecule has 3 aromatic heterocycles. The smallest absolute Gasteiger partial charge is 0.408 e. The highest BCUT2D eigenvalue weighted by atomic mass is 32.1. The van der Waals surface area contributed by atoms with Gasteiger partial charge in [-0.05, 0) is 83.2 Å². The Morgan fingerprint density at radius 2 is 1.64 bits per heavy atom. The van der Waals surface area contributed by atoms with E-state index in [1.54, 1.807) is 59.1 Å². The van der Waals surface area contributed by atoms with Crippen LogP contribution >= 0.6 is 11.3 Å². The predicted octanol–water partition coefficient (Wildman–Crippen LogP) is 2.85. The van der Waals surface area contributed by atoms with Crippen molar-refractivity contribution < 1.29 is 52.6 Å². The molecule has 0 fully saturated rings. The molecule has 1 aliphatic carbocycles. The van der Waals surface area contributed by atoms with Crippen LogP contribution in [-0.4, -0.2) is 125 Å². The Morgan fingerprint density at radius 1 is 0.928 bits per heavy atom. The van der Waals surface area contributed by atoms with Gasteiger partial charge in [-0.15, -0.1) is 11.3 Å². The van der Waals surface area contributed by atoms with E-state index in [2.05, 4.69) is 53.4 Å². The molecular weight excluding hydrogens is 913 g/mol. The number of allylic oxidation sites excluding steroid dienone is 1. The van der Waals surface area contributed by atoms with E-state index in [0.717, 1.165) is 45.9 Å². The number of rotatable bonds is 21. The lowest BCUT2D eigenvalue weighted by Gasteiger charge is -2.24. The van der Waals surface area contributed by atoms with Crippen LogP contribution in [-0.2, 0) is 57.5 Å². The van der Waals surface area contributed by atoms with Gasteiger partial charge in [-0.2, -0.15) is 0 Å². The third kappa shape index (κ3) is 14.5. The number of methoxy groups -OCH3 is 1. The zero-order valence-corrected chi connectivity index (χ0v) is 40.7. The van der Waals surface area contributed by atoms with E-state index in [9.17, 15) is 38.4 Å². The van der Waals surface area contributed by atoms with Gasteiger partial charge < -0.3 is 61.0 Å². The van der Waals surface area contributed by atoms with Crippen molar-refractivity contribution in [3.05, 3.63) is 87.4 Å². The standard InChI is InChI=1S/C47H60N10O11S/c1-10-67-38(59)23-57(8)45(64)27(4)52-40(60)25(2)51-37(58)22-50-41(61)33(19-29-21-49-32-16-13-17-36(66-9)39(29)32)54-42(62)34(18-28-20-48-31-15-12-11-14-30(28)31)55-43(63)35-24-69-44(56-35)26(3)53-46(65)68-47(5,6)7/h11,13-14,16-17,20-21,24-26,33-34,48-49H,4,10,12,15,18-19,22-23H2,1-3,5-9H3,(H,50,61)(H,51,58)(H,52,60)(H,53,65)(H,54,62)(H,55,63)/t25-,26-,33+,34+/m1/s1. The van der Waals surface area contributed by atoms with E-state index in [1.807, 2.05) is 18.2 Å². The minimum absolute atomic E-state index is 0.00650. The van der Waals surface area contributed by atoms with Gasteiger partial charge in [0.05, 0.1) is 32.0 Å². The number of hydrogen-bond acceptors (Lipinski definition) is 13. The number of aromatic nitrogens is 3. The number of aryl methyl sites for hydroxylation is 1. The fraction of sp³-hybridized carbons (Fsp3) is 0.426. The molecule has 1 aromatic carbocycles. The van der Waals surface area contributed by atoms with Crippen LogP contribution in [0.15, 0.2) is 54.3 Å². The zero-order valence-electron chi connectivity index (χ0n) is 39.9. The molecule has 0 unspecified atom stereocenters. The Balaban J connectivity index is 1.33. The van der Waals surface area contributed by atoms with E-state index < -0.39 is 83.8 Å². The summed E-state index contributed by atoms with van der Waals surface area (Å²) in [7, 11) is 2.83. The Labute approximate surface area is 402 Å². The minimum atomic E-state index is -1.33. The van der Waals surface area contributed by atoms with Crippen molar-refractivity contribution >= 4 is 75.8 Å². The first-order valence-corrected chi connectivity index (χ1v) is 23.1. The lowest BCUT2D eigenvalue weighted by atomic mass is 9.97. The first-order valence-electron chi connectivity index (χ1n) is 22.2. The van der Waals surface area contributed by atoms with Crippen molar-refractivity contribution in [2.75, 3.05) is 33.9 Å². The molecule has 370 valence electrons. The average Bonchev–Trinajstić information content (AvgIpc) is 4.06. The topological polar surface area (TPSA) is 284 Å². The number of nitrogens with one attached hydrogen (secondary N) is 8. The number of ether oxygens (including phenoxy) is 3. The number of carbonyl (C=O) groups is 8. The second-order valence-electron chi connectivity index (χ2n) is 17.2. The number of likely N-dealkylation sites (N-methyl/N-ethyl adjacent to an activating group) is 1. The minimum Gasteiger partial charge on any atom is -0.496 e. The number of esters is 1. The monoisotopic (exact) mass is 972 g/mol. The van der Waals surface area contributed by atoms with E-state index >= 15 is 0 Å². The number of benzene rings is 1. The van der Waals surface area contributed by atoms with E-state index in [1.165, 1.54) is 26.5 Å². The quantitative estimate of drug-likeness (QED) is 0.0442. The van der Waals surface area contributed by atoms with Gasteiger partial charge in [0.1, 0.15) is 46.7 Å². The summed E-state index contributed by atoms with van der Waals surface area (Å²) in [4.78, 5) is 118. The molecule has 0 saturated carbocycles. The van der Waals surface area contributed by atoms with Gasteiger partial charge in [0.15, 0.2) is 0 Å².